The molecule has 5 unspecified atom stereocenters. The summed E-state index contributed by atoms with van der Waals surface area (Å²) in [4.78, 5) is 19.1. The predicted octanol–water partition coefficient (Wildman–Crippen LogP) is 4.70. The van der Waals surface area contributed by atoms with Gasteiger partial charge in [-0.3, -0.25) is 9.88 Å². The summed E-state index contributed by atoms with van der Waals surface area (Å²) in [5.41, 5.74) is 1.84. The van der Waals surface area contributed by atoms with Crippen LogP contribution in [0.1, 0.15) is 44.8 Å². The van der Waals surface area contributed by atoms with Crippen LogP contribution in [0.2, 0.25) is 0 Å². The van der Waals surface area contributed by atoms with Gasteiger partial charge in [-0.2, -0.15) is 0 Å². The smallest absolute Gasteiger partial charge is 0.332 e. The van der Waals surface area contributed by atoms with Crippen molar-refractivity contribution in [1.29, 1.82) is 0 Å². The van der Waals surface area contributed by atoms with Gasteiger partial charge in [0.15, 0.2) is 6.10 Å². The second-order valence-corrected chi connectivity index (χ2v) is 9.54. The van der Waals surface area contributed by atoms with E-state index in [0.717, 1.165) is 48.1 Å². The minimum Gasteiger partial charge on any atom is -0.497 e. The van der Waals surface area contributed by atoms with Crippen LogP contribution in [0.15, 0.2) is 43.1 Å². The number of carbonyl (C=O) groups is 1. The van der Waals surface area contributed by atoms with Crippen LogP contribution in [-0.4, -0.2) is 53.3 Å². The van der Waals surface area contributed by atoms with Crippen LogP contribution in [0.5, 0.6) is 5.75 Å². The molecule has 0 amide bonds. The highest BCUT2D eigenvalue weighted by atomic mass is 16.5. The lowest BCUT2D eigenvalue weighted by Crippen LogP contribution is -2.55. The molecule has 0 radical (unpaired) electrons. The van der Waals surface area contributed by atoms with Crippen molar-refractivity contribution in [3.8, 4) is 5.75 Å². The fourth-order valence-electron chi connectivity index (χ4n) is 5.40. The molecule has 172 valence electrons. The fourth-order valence-corrected chi connectivity index (χ4v) is 5.40. The zero-order valence-corrected chi connectivity index (χ0v) is 19.2. The Morgan fingerprint density at radius 2 is 2.19 bits per heavy atom. The Morgan fingerprint density at radius 3 is 2.81 bits per heavy atom. The van der Waals surface area contributed by atoms with Crippen molar-refractivity contribution in [2.45, 2.75) is 51.4 Å². The molecule has 4 heterocycles. The van der Waals surface area contributed by atoms with Gasteiger partial charge in [0.25, 0.3) is 0 Å². The number of carboxylic acid groups (broad SMARTS) is 1. The SMILES string of the molecule is C=CC1CN2CCC1CC2[C@H](OC(CC(C)C)C(=O)O)c1ccnc2ccc(OC)cc12. The predicted molar refractivity (Wildman–Crippen MR) is 125 cm³/mol. The van der Waals surface area contributed by atoms with E-state index in [-0.39, 0.29) is 18.1 Å². The molecule has 2 bridgehead atoms. The van der Waals surface area contributed by atoms with Gasteiger partial charge >= 0.3 is 5.97 Å². The monoisotopic (exact) mass is 438 g/mol. The number of hydrogen-bond acceptors (Lipinski definition) is 5. The fraction of sp³-hybridized carbons (Fsp3) is 0.538. The quantitative estimate of drug-likeness (QED) is 0.573. The van der Waals surface area contributed by atoms with Gasteiger partial charge in [0.05, 0.1) is 18.7 Å². The first-order valence-electron chi connectivity index (χ1n) is 11.6. The second-order valence-electron chi connectivity index (χ2n) is 9.54. The van der Waals surface area contributed by atoms with E-state index in [1.807, 2.05) is 38.1 Å². The average Bonchev–Trinajstić information content (AvgIpc) is 2.80. The lowest BCUT2D eigenvalue weighted by Gasteiger charge is -2.51. The molecule has 3 fully saturated rings. The number of methoxy groups -OCH3 is 1. The van der Waals surface area contributed by atoms with Gasteiger partial charge in [-0.25, -0.2) is 4.79 Å². The van der Waals surface area contributed by atoms with Gasteiger partial charge in [0.2, 0.25) is 0 Å². The number of carboxylic acids is 1. The third-order valence-corrected chi connectivity index (χ3v) is 7.06. The third-order valence-electron chi connectivity index (χ3n) is 7.06. The number of aromatic nitrogens is 1. The van der Waals surface area contributed by atoms with E-state index in [0.29, 0.717) is 18.3 Å². The van der Waals surface area contributed by atoms with Gasteiger partial charge < -0.3 is 14.6 Å². The molecule has 0 spiro atoms. The van der Waals surface area contributed by atoms with E-state index < -0.39 is 12.1 Å². The summed E-state index contributed by atoms with van der Waals surface area (Å²) in [5, 5.41) is 10.9. The Bertz CT molecular complexity index is 975. The van der Waals surface area contributed by atoms with Crippen molar-refractivity contribution in [2.24, 2.45) is 17.8 Å². The van der Waals surface area contributed by atoms with Crippen molar-refractivity contribution >= 4 is 16.9 Å². The molecular weight excluding hydrogens is 404 g/mol. The molecule has 2 aromatic rings. The Morgan fingerprint density at radius 1 is 1.38 bits per heavy atom. The zero-order valence-electron chi connectivity index (χ0n) is 19.2. The minimum atomic E-state index is -0.903. The van der Waals surface area contributed by atoms with Crippen molar-refractivity contribution < 1.29 is 19.4 Å². The molecule has 3 aliphatic rings. The summed E-state index contributed by atoms with van der Waals surface area (Å²) in [7, 11) is 1.65. The van der Waals surface area contributed by atoms with Crippen LogP contribution < -0.4 is 4.74 Å². The van der Waals surface area contributed by atoms with E-state index in [9.17, 15) is 9.90 Å². The summed E-state index contributed by atoms with van der Waals surface area (Å²) >= 11 is 0. The number of hydrogen-bond donors (Lipinski definition) is 1. The van der Waals surface area contributed by atoms with Gasteiger partial charge in [0.1, 0.15) is 5.75 Å². The van der Waals surface area contributed by atoms with Crippen LogP contribution in [0.3, 0.4) is 0 Å². The maximum atomic E-state index is 12.1. The summed E-state index contributed by atoms with van der Waals surface area (Å²) < 4.78 is 12.0. The third kappa shape index (κ3) is 4.52. The largest absolute Gasteiger partial charge is 0.497 e. The molecule has 3 saturated heterocycles. The van der Waals surface area contributed by atoms with Crippen molar-refractivity contribution in [3.63, 3.8) is 0 Å². The zero-order chi connectivity index (χ0) is 22.8. The van der Waals surface area contributed by atoms with Crippen LogP contribution in [0.25, 0.3) is 10.9 Å². The lowest BCUT2D eigenvalue weighted by atomic mass is 9.73. The molecule has 1 N–H and O–H groups in total. The molecule has 0 aliphatic carbocycles. The normalized spacial score (nSPS) is 26.8. The minimum absolute atomic E-state index is 0.121. The molecule has 1 aromatic heterocycles. The number of rotatable bonds is 9. The average molecular weight is 439 g/mol. The van der Waals surface area contributed by atoms with Gasteiger partial charge in [0, 0.05) is 24.2 Å². The van der Waals surface area contributed by atoms with E-state index in [1.54, 1.807) is 13.3 Å². The molecule has 0 saturated carbocycles. The highest BCUT2D eigenvalue weighted by Gasteiger charge is 2.44. The van der Waals surface area contributed by atoms with E-state index >= 15 is 0 Å². The van der Waals surface area contributed by atoms with Crippen LogP contribution in [-0.2, 0) is 9.53 Å². The van der Waals surface area contributed by atoms with Crippen LogP contribution >= 0.6 is 0 Å². The molecule has 1 aromatic carbocycles. The van der Waals surface area contributed by atoms with E-state index in [2.05, 4.69) is 22.5 Å². The molecule has 5 rings (SSSR count). The first-order valence-corrected chi connectivity index (χ1v) is 11.6. The highest BCUT2D eigenvalue weighted by molar-refractivity contribution is 5.84. The Hall–Kier alpha value is -2.44. The van der Waals surface area contributed by atoms with Crippen molar-refractivity contribution in [3.05, 3.63) is 48.7 Å². The molecule has 32 heavy (non-hydrogen) atoms. The number of piperidine rings is 3. The molecule has 6 atom stereocenters. The van der Waals surface area contributed by atoms with E-state index in [1.165, 1.54) is 0 Å². The number of ether oxygens (including phenoxy) is 2. The standard InChI is InChI=1S/C26H34N2O4/c1-5-17-15-28-11-9-18(17)13-23(28)25(32-24(26(29)30)12-16(2)3)20-8-10-27-22-7-6-19(31-4)14-21(20)22/h5-8,10,14,16-18,23-25H,1,9,11-13,15H2,2-4H3,(H,29,30)/t17?,18?,23?,24?,25-/m1/s1. The molecular formula is C26H34N2O4. The summed E-state index contributed by atoms with van der Waals surface area (Å²) in [6.45, 7) is 10.1. The van der Waals surface area contributed by atoms with Gasteiger partial charge in [-0.05, 0) is 73.4 Å². The maximum absolute atomic E-state index is 12.1. The Kier molecular flexibility index (Phi) is 6.82. The lowest BCUT2D eigenvalue weighted by molar-refractivity contribution is -0.163. The highest BCUT2D eigenvalue weighted by Crippen LogP contribution is 2.44. The van der Waals surface area contributed by atoms with Gasteiger partial charge in [-0.1, -0.05) is 19.9 Å². The molecule has 3 aliphatic heterocycles. The number of benzene rings is 1. The van der Waals surface area contributed by atoms with Crippen molar-refractivity contribution in [2.75, 3.05) is 20.2 Å². The molecule has 6 nitrogen and oxygen atoms in total. The number of aliphatic carboxylic acids is 1. The number of nitrogens with zero attached hydrogens (tertiary/aromatic N) is 2. The first-order chi connectivity index (χ1) is 15.4. The topological polar surface area (TPSA) is 71.9 Å². The second kappa shape index (κ2) is 9.59. The van der Waals surface area contributed by atoms with E-state index in [4.69, 9.17) is 9.47 Å². The first kappa shape index (κ1) is 22.7. The maximum Gasteiger partial charge on any atom is 0.332 e. The summed E-state index contributed by atoms with van der Waals surface area (Å²) in [6.07, 6.45) is 5.26. The summed E-state index contributed by atoms with van der Waals surface area (Å²) in [5.74, 6) is 1.11. The number of fused-ring (bicyclic) bond motifs is 4. The number of pyridine rings is 1. The Balaban J connectivity index is 1.77. The van der Waals surface area contributed by atoms with Gasteiger partial charge in [-0.15, -0.1) is 6.58 Å². The summed E-state index contributed by atoms with van der Waals surface area (Å²) in [6, 6.07) is 7.92. The molecule has 6 heteroatoms. The Labute approximate surface area is 190 Å². The van der Waals surface area contributed by atoms with Crippen LogP contribution in [0, 0.1) is 17.8 Å². The van der Waals surface area contributed by atoms with Crippen molar-refractivity contribution in [1.82, 2.24) is 9.88 Å². The van der Waals surface area contributed by atoms with Crippen LogP contribution in [0.4, 0.5) is 0 Å².